The van der Waals surface area contributed by atoms with Crippen LogP contribution in [0.3, 0.4) is 0 Å². The van der Waals surface area contributed by atoms with Crippen molar-refractivity contribution in [3.63, 3.8) is 0 Å². The molecule has 1 aromatic heterocycles. The van der Waals surface area contributed by atoms with Crippen molar-refractivity contribution in [3.05, 3.63) is 65.4 Å². The first-order valence-corrected chi connectivity index (χ1v) is 12.7. The summed E-state index contributed by atoms with van der Waals surface area (Å²) >= 11 is 0. The number of anilines is 4. The maximum absolute atomic E-state index is 13.8. The summed E-state index contributed by atoms with van der Waals surface area (Å²) in [6.45, 7) is -0.256. The van der Waals surface area contributed by atoms with Crippen molar-refractivity contribution in [1.82, 2.24) is 15.3 Å². The second-order valence-electron chi connectivity index (χ2n) is 9.51. The molecule has 0 saturated heterocycles. The highest BCUT2D eigenvalue weighted by Crippen LogP contribution is 2.38. The number of alkyl halides is 3. The number of ether oxygens (including phenoxy) is 1. The van der Waals surface area contributed by atoms with Crippen molar-refractivity contribution in [2.45, 2.75) is 31.6 Å². The maximum Gasteiger partial charge on any atom is 0.416 e. The summed E-state index contributed by atoms with van der Waals surface area (Å²) in [5.41, 5.74) is -0.113. The molecule has 214 valence electrons. The first-order valence-electron chi connectivity index (χ1n) is 12.7. The highest BCUT2D eigenvalue weighted by Gasteiger charge is 2.37. The summed E-state index contributed by atoms with van der Waals surface area (Å²) in [7, 11) is 3.04. The van der Waals surface area contributed by atoms with Crippen LogP contribution in [0, 0.1) is 0 Å². The molecule has 1 aliphatic carbocycles. The Kier molecular flexibility index (Phi) is 7.39. The molecule has 41 heavy (non-hydrogen) atoms. The molecule has 2 heterocycles. The van der Waals surface area contributed by atoms with Gasteiger partial charge in [-0.3, -0.25) is 19.4 Å². The second-order valence-corrected chi connectivity index (χ2v) is 9.51. The quantitative estimate of drug-likeness (QED) is 0.374. The van der Waals surface area contributed by atoms with E-state index in [0.29, 0.717) is 5.56 Å². The molecule has 0 radical (unpaired) electrons. The monoisotopic (exact) mass is 569 g/mol. The molecule has 5 rings (SSSR count). The van der Waals surface area contributed by atoms with Gasteiger partial charge in [-0.15, -0.1) is 0 Å². The Morgan fingerprint density at radius 3 is 2.61 bits per heavy atom. The second kappa shape index (κ2) is 10.9. The molecular formula is C27H26F3N7O4. The molecule has 0 spiro atoms. The number of aromatic nitrogens is 2. The van der Waals surface area contributed by atoms with Gasteiger partial charge in [0.25, 0.3) is 5.91 Å². The predicted molar refractivity (Wildman–Crippen MR) is 144 cm³/mol. The number of fused-ring (bicyclic) bond motifs is 1. The van der Waals surface area contributed by atoms with E-state index in [9.17, 15) is 27.6 Å². The van der Waals surface area contributed by atoms with Crippen LogP contribution in [0.2, 0.25) is 0 Å². The molecule has 11 nitrogen and oxygen atoms in total. The van der Waals surface area contributed by atoms with Crippen molar-refractivity contribution in [3.8, 4) is 5.75 Å². The van der Waals surface area contributed by atoms with E-state index < -0.39 is 23.7 Å². The van der Waals surface area contributed by atoms with E-state index >= 15 is 0 Å². The SMILES string of the molecule is CNc1ncc2c(n1)N(CC(=O)NC1CC1)C(=O)N(c1cc(NC(=O)c3cccc(C(F)(F)F)c3)ccc1OC)C2. The molecule has 14 heteroatoms. The third-order valence-corrected chi connectivity index (χ3v) is 6.54. The lowest BCUT2D eigenvalue weighted by molar-refractivity contribution is -0.137. The lowest BCUT2D eigenvalue weighted by Crippen LogP contribution is -2.51. The number of benzene rings is 2. The minimum atomic E-state index is -4.60. The third-order valence-electron chi connectivity index (χ3n) is 6.54. The zero-order valence-electron chi connectivity index (χ0n) is 22.1. The van der Waals surface area contributed by atoms with Crippen LogP contribution in [0.5, 0.6) is 5.75 Å². The van der Waals surface area contributed by atoms with Gasteiger partial charge in [-0.05, 0) is 49.2 Å². The van der Waals surface area contributed by atoms with Crippen LogP contribution < -0.4 is 30.5 Å². The fourth-order valence-electron chi connectivity index (χ4n) is 4.33. The summed E-state index contributed by atoms with van der Waals surface area (Å²) in [5.74, 6) is -0.269. The van der Waals surface area contributed by atoms with Gasteiger partial charge >= 0.3 is 12.2 Å². The Balaban J connectivity index is 1.46. The van der Waals surface area contributed by atoms with Crippen molar-refractivity contribution in [1.29, 1.82) is 0 Å². The van der Waals surface area contributed by atoms with Crippen LogP contribution in [0.1, 0.15) is 34.3 Å². The van der Waals surface area contributed by atoms with Crippen LogP contribution in [0.4, 0.5) is 41.1 Å². The highest BCUT2D eigenvalue weighted by atomic mass is 19.4. The lowest BCUT2D eigenvalue weighted by Gasteiger charge is -2.36. The number of rotatable bonds is 8. The molecule has 3 aromatic rings. The van der Waals surface area contributed by atoms with Gasteiger partial charge in [-0.1, -0.05) is 6.07 Å². The van der Waals surface area contributed by atoms with Gasteiger partial charge in [-0.2, -0.15) is 18.2 Å². The number of nitrogens with one attached hydrogen (secondary N) is 3. The molecule has 3 N–H and O–H groups in total. The molecule has 2 aromatic carbocycles. The van der Waals surface area contributed by atoms with Crippen molar-refractivity contribution < 1.29 is 32.3 Å². The van der Waals surface area contributed by atoms with E-state index in [1.807, 2.05) is 0 Å². The Morgan fingerprint density at radius 1 is 1.15 bits per heavy atom. The number of hydrogen-bond donors (Lipinski definition) is 3. The number of nitrogens with zero attached hydrogens (tertiary/aromatic N) is 4. The Labute approximate surface area is 232 Å². The average molecular weight is 570 g/mol. The Morgan fingerprint density at radius 2 is 1.93 bits per heavy atom. The molecule has 2 aliphatic rings. The molecule has 0 atom stereocenters. The summed E-state index contributed by atoms with van der Waals surface area (Å²) < 4.78 is 44.9. The van der Waals surface area contributed by atoms with Gasteiger partial charge in [0.05, 0.1) is 24.9 Å². The van der Waals surface area contributed by atoms with E-state index in [-0.39, 0.29) is 59.5 Å². The Bertz CT molecular complexity index is 1510. The number of halogens is 3. The molecular weight excluding hydrogens is 543 g/mol. The summed E-state index contributed by atoms with van der Waals surface area (Å²) in [6.07, 6.45) is -1.30. The first kappa shape index (κ1) is 27.7. The fraction of sp³-hybridized carbons (Fsp3) is 0.296. The number of hydrogen-bond acceptors (Lipinski definition) is 7. The number of carbonyl (C=O) groups excluding carboxylic acids is 3. The first-order chi connectivity index (χ1) is 19.6. The predicted octanol–water partition coefficient (Wildman–Crippen LogP) is 4.02. The Hall–Kier alpha value is -4.88. The van der Waals surface area contributed by atoms with E-state index in [2.05, 4.69) is 25.9 Å². The highest BCUT2D eigenvalue weighted by molar-refractivity contribution is 6.10. The van der Waals surface area contributed by atoms with Gasteiger partial charge in [0.1, 0.15) is 18.1 Å². The maximum atomic E-state index is 13.8. The van der Waals surface area contributed by atoms with Crippen LogP contribution in [0.15, 0.2) is 48.7 Å². The molecule has 0 unspecified atom stereocenters. The van der Waals surface area contributed by atoms with Gasteiger partial charge < -0.3 is 20.7 Å². The summed E-state index contributed by atoms with van der Waals surface area (Å²) in [4.78, 5) is 50.6. The van der Waals surface area contributed by atoms with Gasteiger partial charge in [0.15, 0.2) is 0 Å². The zero-order chi connectivity index (χ0) is 29.3. The zero-order valence-corrected chi connectivity index (χ0v) is 22.1. The standard InChI is InChI=1S/C27H26F3N7O4/c1-31-25-32-12-16-13-36(26(40)37(23(16)35-25)14-22(38)33-18-6-7-18)20-11-19(8-9-21(20)41-2)34-24(39)15-4-3-5-17(10-15)27(28,29)30/h3-5,8-12,18H,6-7,13-14H2,1-2H3,(H,33,38)(H,34,39)(H,31,32,35). The third kappa shape index (κ3) is 6.00. The fourth-order valence-corrected chi connectivity index (χ4v) is 4.33. The number of amides is 4. The normalized spacial score (nSPS) is 14.8. The van der Waals surface area contributed by atoms with E-state index in [1.54, 1.807) is 13.2 Å². The van der Waals surface area contributed by atoms with Crippen molar-refractivity contribution >= 4 is 41.0 Å². The minimum absolute atomic E-state index is 0.0281. The van der Waals surface area contributed by atoms with Crippen LogP contribution in [0.25, 0.3) is 0 Å². The minimum Gasteiger partial charge on any atom is -0.495 e. The average Bonchev–Trinajstić information content (AvgIpc) is 3.77. The van der Waals surface area contributed by atoms with Crippen molar-refractivity contribution in [2.24, 2.45) is 0 Å². The van der Waals surface area contributed by atoms with Crippen molar-refractivity contribution in [2.75, 3.05) is 41.1 Å². The molecule has 1 saturated carbocycles. The molecule has 4 amide bonds. The number of methoxy groups -OCH3 is 1. The topological polar surface area (TPSA) is 129 Å². The van der Waals surface area contributed by atoms with Gasteiger partial charge in [-0.25, -0.2) is 9.78 Å². The van der Waals surface area contributed by atoms with Crippen LogP contribution in [-0.2, 0) is 17.5 Å². The van der Waals surface area contributed by atoms with Gasteiger partial charge in [0, 0.05) is 36.1 Å². The summed E-state index contributed by atoms with van der Waals surface area (Å²) in [5, 5.41) is 8.27. The molecule has 1 fully saturated rings. The lowest BCUT2D eigenvalue weighted by atomic mass is 10.1. The van der Waals surface area contributed by atoms with E-state index in [4.69, 9.17) is 4.74 Å². The van der Waals surface area contributed by atoms with Crippen LogP contribution >= 0.6 is 0 Å². The number of carbonyl (C=O) groups is 3. The largest absolute Gasteiger partial charge is 0.495 e. The van der Waals surface area contributed by atoms with E-state index in [1.165, 1.54) is 41.2 Å². The summed E-state index contributed by atoms with van der Waals surface area (Å²) in [6, 6.07) is 8.07. The number of urea groups is 1. The molecule has 0 bridgehead atoms. The smallest absolute Gasteiger partial charge is 0.416 e. The van der Waals surface area contributed by atoms with Crippen LogP contribution in [-0.4, -0.2) is 54.6 Å². The van der Waals surface area contributed by atoms with E-state index in [0.717, 1.165) is 31.0 Å². The van der Waals surface area contributed by atoms with Gasteiger partial charge in [0.2, 0.25) is 11.9 Å². The molecule has 1 aliphatic heterocycles.